The number of rotatable bonds is 36. The summed E-state index contributed by atoms with van der Waals surface area (Å²) in [6.45, 7) is 1.78. The van der Waals surface area contributed by atoms with Crippen LogP contribution in [0.2, 0.25) is 0 Å². The third-order valence-electron chi connectivity index (χ3n) is 9.23. The second-order valence-corrected chi connectivity index (χ2v) is 16.0. The smallest absolute Gasteiger partial charge is 0.329 e. The van der Waals surface area contributed by atoms with Crippen molar-refractivity contribution in [1.29, 1.82) is 0 Å². The number of amides is 2. The number of ether oxygens (including phenoxy) is 5. The van der Waals surface area contributed by atoms with Crippen LogP contribution in [0.4, 0.5) is 5.82 Å². The molecular formula is C44H62N4O13S. The number of anilines is 1. The number of carbonyl (C=O) groups is 4. The van der Waals surface area contributed by atoms with Crippen LogP contribution in [0.15, 0.2) is 71.8 Å². The summed E-state index contributed by atoms with van der Waals surface area (Å²) in [4.78, 5) is 49.4. The van der Waals surface area contributed by atoms with Gasteiger partial charge in [0.2, 0.25) is 5.91 Å². The molecule has 0 aliphatic heterocycles. The molecule has 0 fully saturated rings. The van der Waals surface area contributed by atoms with E-state index in [4.69, 9.17) is 33.9 Å². The van der Waals surface area contributed by atoms with Crippen LogP contribution in [0, 0.1) is 0 Å². The number of carbonyl (C=O) groups excluding carboxylic acids is 2. The minimum absolute atomic E-state index is 0.0678. The number of pyridine rings is 1. The number of hydrogen-bond donors (Lipinski definition) is 5. The second kappa shape index (κ2) is 30.8. The maximum absolute atomic E-state index is 13.0. The Balaban J connectivity index is 1.22. The molecule has 2 amide bonds. The first-order valence-electron chi connectivity index (χ1n) is 21.1. The van der Waals surface area contributed by atoms with Gasteiger partial charge in [0.15, 0.2) is 0 Å². The Bertz CT molecular complexity index is 1850. The van der Waals surface area contributed by atoms with E-state index in [9.17, 15) is 27.6 Å². The molecule has 0 saturated carbocycles. The average molecular weight is 887 g/mol. The average Bonchev–Trinajstić information content (AvgIpc) is 3.25. The highest BCUT2D eigenvalue weighted by Gasteiger charge is 2.16. The molecule has 0 atom stereocenters. The summed E-state index contributed by atoms with van der Waals surface area (Å²) in [5.74, 6) is -1.59. The Kier molecular flexibility index (Phi) is 25.5. The number of carboxylic acids is 2. The number of carboxylic acid groups (broad SMARTS) is 2. The first-order valence-corrected chi connectivity index (χ1v) is 22.6. The molecule has 0 unspecified atom stereocenters. The fraction of sp³-hybridized carbons (Fsp3) is 0.523. The van der Waals surface area contributed by atoms with Gasteiger partial charge in [-0.1, -0.05) is 69.2 Å². The van der Waals surface area contributed by atoms with E-state index in [0.717, 1.165) is 61.8 Å². The Morgan fingerprint density at radius 3 is 1.69 bits per heavy atom. The van der Waals surface area contributed by atoms with Crippen molar-refractivity contribution in [2.24, 2.45) is 0 Å². The molecule has 342 valence electrons. The summed E-state index contributed by atoms with van der Waals surface area (Å²) in [5.41, 5.74) is 2.39. The highest BCUT2D eigenvalue weighted by molar-refractivity contribution is 7.92. The molecule has 3 rings (SSSR count). The van der Waals surface area contributed by atoms with Gasteiger partial charge in [-0.25, -0.2) is 18.2 Å². The molecule has 18 heteroatoms. The summed E-state index contributed by atoms with van der Waals surface area (Å²) in [7, 11) is -3.91. The van der Waals surface area contributed by atoms with E-state index in [1.165, 1.54) is 44.0 Å². The number of benzene rings is 2. The van der Waals surface area contributed by atoms with Crippen LogP contribution < -0.4 is 20.1 Å². The summed E-state index contributed by atoms with van der Waals surface area (Å²) in [6.07, 6.45) is 12.8. The van der Waals surface area contributed by atoms with Gasteiger partial charge < -0.3 is 44.5 Å². The third kappa shape index (κ3) is 23.7. The van der Waals surface area contributed by atoms with E-state index in [1.807, 2.05) is 24.3 Å². The molecule has 0 saturated heterocycles. The predicted molar refractivity (Wildman–Crippen MR) is 231 cm³/mol. The van der Waals surface area contributed by atoms with Gasteiger partial charge in [0.25, 0.3) is 15.9 Å². The molecule has 62 heavy (non-hydrogen) atoms. The molecule has 1 heterocycles. The van der Waals surface area contributed by atoms with Crippen LogP contribution in [0.3, 0.4) is 0 Å². The maximum atomic E-state index is 13.0. The number of aliphatic carboxylic acids is 2. The van der Waals surface area contributed by atoms with E-state index >= 15 is 0 Å². The normalized spacial score (nSPS) is 11.2. The van der Waals surface area contributed by atoms with Crippen molar-refractivity contribution in [3.8, 4) is 5.75 Å². The first-order chi connectivity index (χ1) is 30.0. The van der Waals surface area contributed by atoms with Crippen molar-refractivity contribution in [3.05, 3.63) is 83.6 Å². The zero-order valence-electron chi connectivity index (χ0n) is 35.4. The first kappa shape index (κ1) is 51.2. The van der Waals surface area contributed by atoms with Crippen LogP contribution >= 0.6 is 0 Å². The third-order valence-corrected chi connectivity index (χ3v) is 10.6. The van der Waals surface area contributed by atoms with Crippen LogP contribution in [0.1, 0.15) is 85.7 Å². The number of unbranched alkanes of at least 4 members (excludes halogenated alkanes) is 8. The highest BCUT2D eigenvalue weighted by atomic mass is 32.2. The lowest BCUT2D eigenvalue weighted by Crippen LogP contribution is -2.31. The van der Waals surface area contributed by atoms with Gasteiger partial charge in [-0.3, -0.25) is 19.1 Å². The van der Waals surface area contributed by atoms with Crippen LogP contribution in [0.25, 0.3) is 0 Å². The number of sulfonamides is 1. The fourth-order valence-electron chi connectivity index (χ4n) is 5.88. The Morgan fingerprint density at radius 2 is 1.11 bits per heavy atom. The van der Waals surface area contributed by atoms with Gasteiger partial charge >= 0.3 is 11.9 Å². The molecular weight excluding hydrogens is 825 g/mol. The van der Waals surface area contributed by atoms with Crippen LogP contribution in [0.5, 0.6) is 5.75 Å². The monoisotopic (exact) mass is 886 g/mol. The summed E-state index contributed by atoms with van der Waals surface area (Å²) < 4.78 is 55.1. The minimum Gasteiger partial charge on any atom is -0.494 e. The van der Waals surface area contributed by atoms with Crippen molar-refractivity contribution in [2.75, 3.05) is 77.3 Å². The van der Waals surface area contributed by atoms with Crippen LogP contribution in [-0.2, 0) is 56.2 Å². The molecule has 0 aliphatic carbocycles. The van der Waals surface area contributed by atoms with Crippen molar-refractivity contribution in [3.63, 3.8) is 0 Å². The van der Waals surface area contributed by atoms with E-state index in [0.29, 0.717) is 6.61 Å². The fourth-order valence-corrected chi connectivity index (χ4v) is 6.89. The highest BCUT2D eigenvalue weighted by Crippen LogP contribution is 2.19. The van der Waals surface area contributed by atoms with Crippen molar-refractivity contribution in [1.82, 2.24) is 15.6 Å². The number of nitrogens with one attached hydrogen (secondary N) is 3. The maximum Gasteiger partial charge on any atom is 0.329 e. The summed E-state index contributed by atoms with van der Waals surface area (Å²) in [6, 6.07) is 17.6. The SMILES string of the molecule is O=C(O)CCCCCCCCCCCOc1ccc(CCc2ccc(S(=O)(=O)Nc3ccc(C(=O)NCCOCCOCC(=O)NCCOCCOCC(=O)O)cn3)cc2)cc1. The van der Waals surface area contributed by atoms with Gasteiger partial charge in [-0.15, -0.1) is 0 Å². The summed E-state index contributed by atoms with van der Waals surface area (Å²) >= 11 is 0. The van der Waals surface area contributed by atoms with Gasteiger partial charge in [-0.2, -0.15) is 0 Å². The zero-order valence-corrected chi connectivity index (χ0v) is 36.2. The number of nitrogens with zero attached hydrogens (tertiary/aromatic N) is 1. The van der Waals surface area contributed by atoms with E-state index < -0.39 is 27.9 Å². The Labute approximate surface area is 364 Å². The topological polar surface area (TPSA) is 238 Å². The molecule has 0 radical (unpaired) electrons. The molecule has 2 aromatic carbocycles. The van der Waals surface area contributed by atoms with Gasteiger partial charge in [0.05, 0.1) is 56.7 Å². The Morgan fingerprint density at radius 1 is 0.565 bits per heavy atom. The lowest BCUT2D eigenvalue weighted by Gasteiger charge is -2.10. The number of aromatic nitrogens is 1. The summed E-state index contributed by atoms with van der Waals surface area (Å²) in [5, 5.41) is 22.5. The van der Waals surface area contributed by atoms with Gasteiger partial charge in [0.1, 0.15) is 24.8 Å². The molecule has 0 bridgehead atoms. The van der Waals surface area contributed by atoms with Gasteiger partial charge in [-0.05, 0) is 73.2 Å². The second-order valence-electron chi connectivity index (χ2n) is 14.3. The number of aryl methyl sites for hydroxylation is 2. The zero-order chi connectivity index (χ0) is 44.7. The van der Waals surface area contributed by atoms with Crippen molar-refractivity contribution < 1.29 is 61.5 Å². The molecule has 3 aromatic rings. The number of hydrogen-bond acceptors (Lipinski definition) is 12. The van der Waals surface area contributed by atoms with E-state index in [-0.39, 0.29) is 94.5 Å². The predicted octanol–water partition coefficient (Wildman–Crippen LogP) is 5.03. The van der Waals surface area contributed by atoms with Crippen LogP contribution in [-0.4, -0.2) is 120 Å². The molecule has 17 nitrogen and oxygen atoms in total. The quantitative estimate of drug-likeness (QED) is 0.0482. The largest absolute Gasteiger partial charge is 0.494 e. The molecule has 5 N–H and O–H groups in total. The van der Waals surface area contributed by atoms with E-state index in [1.54, 1.807) is 24.3 Å². The lowest BCUT2D eigenvalue weighted by molar-refractivity contribution is -0.143. The van der Waals surface area contributed by atoms with Crippen molar-refractivity contribution in [2.45, 2.75) is 81.9 Å². The van der Waals surface area contributed by atoms with E-state index in [2.05, 4.69) is 20.3 Å². The molecule has 1 aromatic heterocycles. The van der Waals surface area contributed by atoms with Gasteiger partial charge in [0, 0.05) is 25.7 Å². The standard InChI is InChI=1S/C44H62N4O13S/c49-41(45-23-26-57-29-31-60-34-43(52)53)33-59-30-28-58-27-24-46-44(54)37-17-22-40(47-32-37)48-62(55,56)39-20-15-36(16-21-39)12-11-35-13-18-38(19-14-35)61-25-9-7-5-3-1-2-4-6-8-10-42(50)51/h13-22,32H,1-12,23-31,33-34H2,(H,45,49)(H,46,54)(H,47,48)(H,50,51)(H,52,53). The molecule has 0 aliphatic rings. The minimum atomic E-state index is -3.91. The van der Waals surface area contributed by atoms with Crippen molar-refractivity contribution >= 4 is 39.6 Å². The Hall–Kier alpha value is -5.14. The molecule has 0 spiro atoms. The lowest BCUT2D eigenvalue weighted by atomic mass is 10.0.